The second-order valence-electron chi connectivity index (χ2n) is 8.91. The van der Waals surface area contributed by atoms with E-state index in [1.54, 1.807) is 4.90 Å². The number of nitrogens with one attached hydrogen (secondary N) is 3. The van der Waals surface area contributed by atoms with Crippen molar-refractivity contribution in [3.8, 4) is 0 Å². The van der Waals surface area contributed by atoms with Gasteiger partial charge in [0.2, 0.25) is 11.8 Å². The largest absolute Gasteiger partial charge is 0.322 e. The van der Waals surface area contributed by atoms with E-state index in [0.29, 0.717) is 24.6 Å². The fraction of sp³-hybridized carbons (Fsp3) is 0.591. The highest BCUT2D eigenvalue weighted by atomic mass is 16.2. The molecule has 154 valence electrons. The summed E-state index contributed by atoms with van der Waals surface area (Å²) in [4.78, 5) is 38.3. The van der Waals surface area contributed by atoms with Crippen molar-refractivity contribution in [1.29, 1.82) is 0 Å². The van der Waals surface area contributed by atoms with Gasteiger partial charge in [-0.15, -0.1) is 0 Å². The molecule has 7 nitrogen and oxygen atoms in total. The second kappa shape index (κ2) is 7.54. The molecule has 0 spiro atoms. The fourth-order valence-corrected chi connectivity index (χ4v) is 5.63. The van der Waals surface area contributed by atoms with Crippen LogP contribution in [0.2, 0.25) is 0 Å². The van der Waals surface area contributed by atoms with E-state index in [0.717, 1.165) is 42.6 Å². The summed E-state index contributed by atoms with van der Waals surface area (Å²) >= 11 is 0. The first-order valence-electron chi connectivity index (χ1n) is 10.8. The molecule has 1 aromatic rings. The number of carbonyl (C=O) groups is 3. The lowest BCUT2D eigenvalue weighted by Gasteiger charge is -2.29. The molecule has 0 radical (unpaired) electrons. The molecule has 3 amide bonds. The van der Waals surface area contributed by atoms with Crippen molar-refractivity contribution in [2.75, 3.05) is 13.1 Å². The van der Waals surface area contributed by atoms with Crippen molar-refractivity contribution >= 4 is 17.7 Å². The minimum absolute atomic E-state index is 0.102. The van der Waals surface area contributed by atoms with Gasteiger partial charge in [-0.2, -0.15) is 0 Å². The Balaban J connectivity index is 1.27. The predicted octanol–water partition coefficient (Wildman–Crippen LogP) is 0.925. The number of rotatable bonds is 4. The van der Waals surface area contributed by atoms with E-state index in [-0.39, 0.29) is 24.1 Å². The number of benzene rings is 1. The van der Waals surface area contributed by atoms with Crippen LogP contribution in [0.25, 0.3) is 0 Å². The molecule has 4 aliphatic rings. The number of nitrogens with zero attached hydrogens (tertiary/aromatic N) is 1. The van der Waals surface area contributed by atoms with Crippen LogP contribution in [0.15, 0.2) is 18.2 Å². The molecule has 7 heteroatoms. The highest BCUT2D eigenvalue weighted by Gasteiger charge is 2.40. The summed E-state index contributed by atoms with van der Waals surface area (Å²) in [5.41, 5.74) is 2.85. The minimum Gasteiger partial charge on any atom is -0.322 e. The van der Waals surface area contributed by atoms with Crippen LogP contribution in [-0.2, 0) is 22.7 Å². The maximum absolute atomic E-state index is 12.9. The zero-order chi connectivity index (χ0) is 20.0. The van der Waals surface area contributed by atoms with Gasteiger partial charge in [-0.25, -0.2) is 0 Å². The lowest BCUT2D eigenvalue weighted by Crippen LogP contribution is -2.52. The Morgan fingerprint density at radius 1 is 1.10 bits per heavy atom. The van der Waals surface area contributed by atoms with Crippen molar-refractivity contribution in [2.45, 2.75) is 57.3 Å². The Hall–Kier alpha value is -2.25. The first kappa shape index (κ1) is 18.8. The van der Waals surface area contributed by atoms with Crippen LogP contribution in [0, 0.1) is 11.8 Å². The van der Waals surface area contributed by atoms with Crippen LogP contribution >= 0.6 is 0 Å². The summed E-state index contributed by atoms with van der Waals surface area (Å²) < 4.78 is 0. The van der Waals surface area contributed by atoms with Crippen LogP contribution in [0.3, 0.4) is 0 Å². The first-order chi connectivity index (χ1) is 14.1. The molecule has 5 rings (SSSR count). The van der Waals surface area contributed by atoms with Gasteiger partial charge in [-0.1, -0.05) is 12.1 Å². The summed E-state index contributed by atoms with van der Waals surface area (Å²) in [6, 6.07) is 5.84. The highest BCUT2D eigenvalue weighted by molar-refractivity contribution is 6.05. The Kier molecular flexibility index (Phi) is 4.87. The molecule has 0 bridgehead atoms. The van der Waals surface area contributed by atoms with Crippen molar-refractivity contribution in [3.05, 3.63) is 34.9 Å². The zero-order valence-electron chi connectivity index (χ0n) is 16.6. The average Bonchev–Trinajstić information content (AvgIpc) is 3.28. The molecule has 3 fully saturated rings. The molecule has 0 aromatic heterocycles. The molecule has 3 aliphatic heterocycles. The number of carbonyl (C=O) groups excluding carboxylic acids is 3. The molecule has 1 saturated carbocycles. The average molecular weight is 396 g/mol. The molecule has 1 aliphatic carbocycles. The van der Waals surface area contributed by atoms with Gasteiger partial charge >= 0.3 is 0 Å². The summed E-state index contributed by atoms with van der Waals surface area (Å²) in [5.74, 6) is 0.901. The normalized spacial score (nSPS) is 31.6. The van der Waals surface area contributed by atoms with Gasteiger partial charge in [0, 0.05) is 31.1 Å². The monoisotopic (exact) mass is 396 g/mol. The Labute approximate surface area is 170 Å². The van der Waals surface area contributed by atoms with Gasteiger partial charge in [-0.3, -0.25) is 19.7 Å². The van der Waals surface area contributed by atoms with E-state index in [2.05, 4.69) is 22.0 Å². The highest BCUT2D eigenvalue weighted by Crippen LogP contribution is 2.36. The lowest BCUT2D eigenvalue weighted by atomic mass is 9.90. The zero-order valence-corrected chi connectivity index (χ0v) is 16.6. The maximum Gasteiger partial charge on any atom is 0.255 e. The molecule has 1 aromatic carbocycles. The molecule has 4 atom stereocenters. The molecule has 2 unspecified atom stereocenters. The standard InChI is InChI=1S/C22H28N4O3/c27-20-5-4-19(21(28)25-20)26-12-18-14(2-1-3-17(18)22(26)29)11-24-16-8-13-6-7-23-10-15(13)9-16/h1-3,13,15-16,19,23-24H,4-12H2,(H,25,27,28)/t13-,15-,16?,19?/m0/s1. The van der Waals surface area contributed by atoms with Crippen LogP contribution in [0.1, 0.15) is 53.6 Å². The van der Waals surface area contributed by atoms with E-state index in [1.807, 2.05) is 12.1 Å². The van der Waals surface area contributed by atoms with E-state index < -0.39 is 6.04 Å². The summed E-state index contributed by atoms with van der Waals surface area (Å²) in [6.07, 6.45) is 4.41. The van der Waals surface area contributed by atoms with Crippen molar-refractivity contribution in [3.63, 3.8) is 0 Å². The van der Waals surface area contributed by atoms with E-state index in [1.165, 1.54) is 19.3 Å². The van der Waals surface area contributed by atoms with Crippen LogP contribution < -0.4 is 16.0 Å². The second-order valence-corrected chi connectivity index (χ2v) is 8.91. The van der Waals surface area contributed by atoms with Crippen molar-refractivity contribution in [1.82, 2.24) is 20.9 Å². The third-order valence-corrected chi connectivity index (χ3v) is 7.20. The van der Waals surface area contributed by atoms with Gasteiger partial charge in [0.1, 0.15) is 6.04 Å². The fourth-order valence-electron chi connectivity index (χ4n) is 5.63. The number of piperidine rings is 2. The summed E-state index contributed by atoms with van der Waals surface area (Å²) in [6.45, 7) is 3.46. The van der Waals surface area contributed by atoms with Gasteiger partial charge in [-0.05, 0) is 67.8 Å². The number of amides is 3. The van der Waals surface area contributed by atoms with Gasteiger partial charge < -0.3 is 15.5 Å². The number of imide groups is 1. The number of hydrogen-bond donors (Lipinski definition) is 3. The summed E-state index contributed by atoms with van der Waals surface area (Å²) in [7, 11) is 0. The van der Waals surface area contributed by atoms with Crippen LogP contribution in [0.4, 0.5) is 0 Å². The lowest BCUT2D eigenvalue weighted by molar-refractivity contribution is -0.136. The van der Waals surface area contributed by atoms with Gasteiger partial charge in [0.05, 0.1) is 0 Å². The van der Waals surface area contributed by atoms with Crippen LogP contribution in [0.5, 0.6) is 0 Å². The smallest absolute Gasteiger partial charge is 0.255 e. The first-order valence-corrected chi connectivity index (χ1v) is 10.8. The SMILES string of the molecule is O=C1CCC(N2Cc3c(CNC4C[C@H]5CNCC[C@H]5C4)cccc3C2=O)C(=O)N1. The number of hydrogen-bond acceptors (Lipinski definition) is 5. The molecular formula is C22H28N4O3. The van der Waals surface area contributed by atoms with Gasteiger partial charge in [0.25, 0.3) is 5.91 Å². The minimum atomic E-state index is -0.557. The van der Waals surface area contributed by atoms with Crippen molar-refractivity contribution in [2.24, 2.45) is 11.8 Å². The third kappa shape index (κ3) is 3.46. The van der Waals surface area contributed by atoms with Crippen molar-refractivity contribution < 1.29 is 14.4 Å². The molecule has 3 N–H and O–H groups in total. The predicted molar refractivity (Wildman–Crippen MR) is 107 cm³/mol. The van der Waals surface area contributed by atoms with E-state index in [4.69, 9.17) is 0 Å². The van der Waals surface area contributed by atoms with Gasteiger partial charge in [0.15, 0.2) is 0 Å². The molecule has 29 heavy (non-hydrogen) atoms. The Bertz CT molecular complexity index is 840. The molecular weight excluding hydrogens is 368 g/mol. The maximum atomic E-state index is 12.9. The van der Waals surface area contributed by atoms with E-state index in [9.17, 15) is 14.4 Å². The van der Waals surface area contributed by atoms with E-state index >= 15 is 0 Å². The van der Waals surface area contributed by atoms with Crippen LogP contribution in [-0.4, -0.2) is 47.8 Å². The summed E-state index contributed by atoms with van der Waals surface area (Å²) in [5, 5.41) is 9.60. The molecule has 3 heterocycles. The Morgan fingerprint density at radius 2 is 1.97 bits per heavy atom. The third-order valence-electron chi connectivity index (χ3n) is 7.20. The topological polar surface area (TPSA) is 90.5 Å². The quantitative estimate of drug-likeness (QED) is 0.659. The Morgan fingerprint density at radius 3 is 2.79 bits per heavy atom. The number of fused-ring (bicyclic) bond motifs is 2. The molecule has 2 saturated heterocycles.